The van der Waals surface area contributed by atoms with E-state index in [2.05, 4.69) is 21.4 Å². The van der Waals surface area contributed by atoms with E-state index in [-0.39, 0.29) is 23.9 Å². The lowest BCUT2D eigenvalue weighted by Crippen LogP contribution is -2.41. The molecule has 0 spiro atoms. The maximum absolute atomic E-state index is 13.8. The van der Waals surface area contributed by atoms with Gasteiger partial charge in [0.1, 0.15) is 17.1 Å². The fourth-order valence-corrected chi connectivity index (χ4v) is 4.57. The smallest absolute Gasteiger partial charge is 0.407 e. The largest absolute Gasteiger partial charge is 0.444 e. The van der Waals surface area contributed by atoms with Crippen LogP contribution in [0.4, 0.5) is 9.18 Å². The van der Waals surface area contributed by atoms with E-state index in [0.717, 1.165) is 53.5 Å². The van der Waals surface area contributed by atoms with E-state index in [1.54, 1.807) is 12.3 Å². The maximum Gasteiger partial charge on any atom is 0.407 e. The Labute approximate surface area is 186 Å². The number of carbonyl (C=O) groups excluding carboxylic acids is 1. The van der Waals surface area contributed by atoms with Gasteiger partial charge in [0, 0.05) is 34.8 Å². The van der Waals surface area contributed by atoms with Gasteiger partial charge in [-0.25, -0.2) is 14.2 Å². The van der Waals surface area contributed by atoms with Gasteiger partial charge in [-0.1, -0.05) is 30.2 Å². The Morgan fingerprint density at radius 3 is 2.84 bits per heavy atom. The maximum atomic E-state index is 13.8. The van der Waals surface area contributed by atoms with E-state index in [1.807, 2.05) is 26.8 Å². The zero-order chi connectivity index (χ0) is 22.2. The van der Waals surface area contributed by atoms with Crippen LogP contribution >= 0.6 is 11.6 Å². The fraction of sp³-hybridized carbons (Fsp3) is 0.417. The summed E-state index contributed by atoms with van der Waals surface area (Å²) in [5.74, 6) is -0.0559. The number of H-pyrrole nitrogens is 1. The first-order valence-electron chi connectivity index (χ1n) is 10.6. The summed E-state index contributed by atoms with van der Waals surface area (Å²) >= 11 is 6.46. The lowest BCUT2D eigenvalue weighted by molar-refractivity contribution is 0.0490. The number of halogens is 2. The zero-order valence-corrected chi connectivity index (χ0v) is 18.7. The van der Waals surface area contributed by atoms with Crippen LogP contribution in [0.5, 0.6) is 0 Å². The van der Waals surface area contributed by atoms with Crippen LogP contribution in [0.3, 0.4) is 0 Å². The minimum atomic E-state index is -0.520. The molecule has 2 heterocycles. The fourth-order valence-electron chi connectivity index (χ4n) is 4.31. The molecule has 31 heavy (non-hydrogen) atoms. The number of nitrogens with one attached hydrogen (secondary N) is 2. The lowest BCUT2D eigenvalue weighted by atomic mass is 9.83. The summed E-state index contributed by atoms with van der Waals surface area (Å²) in [6.07, 6.45) is 4.98. The Hall–Kier alpha value is -2.60. The highest BCUT2D eigenvalue weighted by Crippen LogP contribution is 2.39. The Morgan fingerprint density at radius 1 is 1.29 bits per heavy atom. The number of hydrogen-bond donors (Lipinski definition) is 2. The van der Waals surface area contributed by atoms with Crippen molar-refractivity contribution in [1.82, 2.24) is 15.3 Å². The molecule has 2 atom stereocenters. The van der Waals surface area contributed by atoms with Crippen LogP contribution in [0, 0.1) is 5.82 Å². The van der Waals surface area contributed by atoms with Crippen molar-refractivity contribution in [2.45, 2.75) is 64.0 Å². The highest BCUT2D eigenvalue weighted by atomic mass is 35.5. The molecule has 164 valence electrons. The Morgan fingerprint density at radius 2 is 2.10 bits per heavy atom. The van der Waals surface area contributed by atoms with Crippen LogP contribution < -0.4 is 5.32 Å². The molecule has 7 heteroatoms. The van der Waals surface area contributed by atoms with Crippen molar-refractivity contribution in [2.24, 2.45) is 0 Å². The van der Waals surface area contributed by atoms with Crippen molar-refractivity contribution in [3.63, 3.8) is 0 Å². The van der Waals surface area contributed by atoms with Gasteiger partial charge < -0.3 is 15.0 Å². The van der Waals surface area contributed by atoms with Crippen molar-refractivity contribution in [2.75, 3.05) is 0 Å². The second kappa shape index (κ2) is 8.50. The van der Waals surface area contributed by atoms with E-state index in [0.29, 0.717) is 5.02 Å². The number of fused-ring (bicyclic) bond motifs is 1. The van der Waals surface area contributed by atoms with Crippen molar-refractivity contribution in [1.29, 1.82) is 0 Å². The summed E-state index contributed by atoms with van der Waals surface area (Å²) < 4.78 is 19.2. The average Bonchev–Trinajstić information content (AvgIpc) is 3.10. The quantitative estimate of drug-likeness (QED) is 0.480. The number of rotatable bonds is 3. The molecule has 1 aliphatic carbocycles. The number of carbonyl (C=O) groups is 1. The van der Waals surface area contributed by atoms with Crippen LogP contribution in [-0.4, -0.2) is 27.7 Å². The molecular weight excluding hydrogens is 417 g/mol. The molecule has 3 aromatic rings. The van der Waals surface area contributed by atoms with Crippen LogP contribution in [0.25, 0.3) is 22.2 Å². The van der Waals surface area contributed by atoms with Gasteiger partial charge in [0.25, 0.3) is 0 Å². The van der Waals surface area contributed by atoms with E-state index in [9.17, 15) is 9.18 Å². The predicted molar refractivity (Wildman–Crippen MR) is 121 cm³/mol. The third-order valence-corrected chi connectivity index (χ3v) is 5.87. The van der Waals surface area contributed by atoms with E-state index in [1.165, 1.54) is 12.1 Å². The number of hydrogen-bond acceptors (Lipinski definition) is 3. The van der Waals surface area contributed by atoms with Gasteiger partial charge in [-0.2, -0.15) is 0 Å². The number of alkyl carbamates (subject to hydrolysis) is 1. The van der Waals surface area contributed by atoms with E-state index < -0.39 is 5.60 Å². The van der Waals surface area contributed by atoms with Crippen LogP contribution in [0.15, 0.2) is 36.5 Å². The third-order valence-electron chi connectivity index (χ3n) is 5.58. The number of ether oxygens (including phenoxy) is 1. The molecule has 2 aromatic heterocycles. The highest BCUT2D eigenvalue weighted by Gasteiger charge is 2.28. The van der Waals surface area contributed by atoms with Gasteiger partial charge in [0.15, 0.2) is 0 Å². The number of aromatic amines is 1. The molecule has 0 bridgehead atoms. The average molecular weight is 444 g/mol. The van der Waals surface area contributed by atoms with Gasteiger partial charge in [0.2, 0.25) is 0 Å². The Balaban J connectivity index is 1.59. The van der Waals surface area contributed by atoms with E-state index >= 15 is 0 Å². The number of aromatic nitrogens is 2. The molecule has 0 aliphatic heterocycles. The normalized spacial score (nSPS) is 19.4. The molecule has 1 fully saturated rings. The van der Waals surface area contributed by atoms with Crippen LogP contribution in [0.2, 0.25) is 5.02 Å². The van der Waals surface area contributed by atoms with E-state index in [4.69, 9.17) is 16.3 Å². The standard InChI is InChI=1S/C24H27ClFN3O2/c1-24(2,3)31-23(30)28-17-9-5-6-14(11-17)20-12-18-21(15-7-4-8-16(26)10-15)19(25)13-27-22(18)29-20/h4,7-8,10,12-14,17H,5-6,9,11H2,1-3H3,(H,27,29)(H,28,30). The molecule has 1 aromatic carbocycles. The molecule has 2 unspecified atom stereocenters. The summed E-state index contributed by atoms with van der Waals surface area (Å²) in [6.45, 7) is 5.57. The van der Waals surface area contributed by atoms with Gasteiger partial charge in [-0.15, -0.1) is 0 Å². The van der Waals surface area contributed by atoms with Crippen LogP contribution in [0.1, 0.15) is 58.1 Å². The highest BCUT2D eigenvalue weighted by molar-refractivity contribution is 6.34. The molecule has 0 radical (unpaired) electrons. The molecule has 4 rings (SSSR count). The van der Waals surface area contributed by atoms with Crippen molar-refractivity contribution in [3.8, 4) is 11.1 Å². The van der Waals surface area contributed by atoms with Gasteiger partial charge >= 0.3 is 6.09 Å². The first-order chi connectivity index (χ1) is 14.7. The molecular formula is C24H27ClFN3O2. The molecule has 1 aliphatic rings. The molecule has 5 nitrogen and oxygen atoms in total. The monoisotopic (exact) mass is 443 g/mol. The lowest BCUT2D eigenvalue weighted by Gasteiger charge is -2.30. The second-order valence-electron chi connectivity index (χ2n) is 9.19. The first kappa shape index (κ1) is 21.6. The van der Waals surface area contributed by atoms with Crippen molar-refractivity contribution in [3.05, 3.63) is 53.1 Å². The van der Waals surface area contributed by atoms with Gasteiger partial charge in [0.05, 0.1) is 5.02 Å². The Bertz CT molecular complexity index is 1110. The summed E-state index contributed by atoms with van der Waals surface area (Å²) in [7, 11) is 0. The molecule has 1 saturated carbocycles. The summed E-state index contributed by atoms with van der Waals surface area (Å²) in [6, 6.07) is 8.54. The minimum absolute atomic E-state index is 0.0549. The van der Waals surface area contributed by atoms with Gasteiger partial charge in [-0.05, 0) is 63.8 Å². The first-order valence-corrected chi connectivity index (χ1v) is 11.0. The predicted octanol–water partition coefficient (Wildman–Crippen LogP) is 6.57. The second-order valence-corrected chi connectivity index (χ2v) is 9.59. The van der Waals surface area contributed by atoms with Gasteiger partial charge in [-0.3, -0.25) is 0 Å². The topological polar surface area (TPSA) is 67.0 Å². The van der Waals surface area contributed by atoms with Crippen molar-refractivity contribution < 1.29 is 13.9 Å². The number of pyridine rings is 1. The minimum Gasteiger partial charge on any atom is -0.444 e. The van der Waals surface area contributed by atoms with Crippen LogP contribution in [-0.2, 0) is 4.74 Å². The molecule has 0 saturated heterocycles. The molecule has 2 N–H and O–H groups in total. The number of amides is 1. The SMILES string of the molecule is CC(C)(C)OC(=O)NC1CCCC(c2cc3c(-c4cccc(F)c4)c(Cl)cnc3[nH]2)C1. The number of benzene rings is 1. The number of nitrogens with zero attached hydrogens (tertiary/aromatic N) is 1. The third kappa shape index (κ3) is 5.01. The zero-order valence-electron chi connectivity index (χ0n) is 18.0. The molecule has 1 amide bonds. The van der Waals surface area contributed by atoms with Crippen molar-refractivity contribution >= 4 is 28.7 Å². The summed E-state index contributed by atoms with van der Waals surface area (Å²) in [5, 5.41) is 4.36. The summed E-state index contributed by atoms with van der Waals surface area (Å²) in [5.41, 5.74) is 2.75. The Kier molecular flexibility index (Phi) is 5.93. The summed E-state index contributed by atoms with van der Waals surface area (Å²) in [4.78, 5) is 20.0.